The van der Waals surface area contributed by atoms with Gasteiger partial charge >= 0.3 is 5.97 Å². The number of hydrogen-bond acceptors (Lipinski definition) is 4. The van der Waals surface area contributed by atoms with Crippen molar-refractivity contribution in [2.75, 3.05) is 13.2 Å². The maximum Gasteiger partial charge on any atom is 0.324 e. The largest absolute Gasteiger partial charge is 0.465 e. The van der Waals surface area contributed by atoms with Crippen molar-refractivity contribution in [1.82, 2.24) is 4.31 Å². The minimum absolute atomic E-state index is 0.266. The van der Waals surface area contributed by atoms with Crippen molar-refractivity contribution in [2.45, 2.75) is 56.4 Å². The normalized spacial score (nSPS) is 21.9. The summed E-state index contributed by atoms with van der Waals surface area (Å²) in [4.78, 5) is 12.4. The van der Waals surface area contributed by atoms with E-state index in [1.807, 2.05) is 6.07 Å². The van der Waals surface area contributed by atoms with Crippen LogP contribution in [0.1, 0.15) is 43.7 Å². The number of rotatable bonds is 4. The van der Waals surface area contributed by atoms with Gasteiger partial charge in [0.15, 0.2) is 0 Å². The first-order valence-electron chi connectivity index (χ1n) is 8.34. The molecule has 1 unspecified atom stereocenters. The molecule has 0 saturated carbocycles. The third kappa shape index (κ3) is 3.15. The molecular weight excluding hydrogens is 314 g/mol. The van der Waals surface area contributed by atoms with Crippen LogP contribution < -0.4 is 0 Å². The third-order valence-electron chi connectivity index (χ3n) is 4.69. The predicted molar refractivity (Wildman–Crippen MR) is 86.6 cm³/mol. The summed E-state index contributed by atoms with van der Waals surface area (Å²) in [5, 5.41) is 0. The van der Waals surface area contributed by atoms with Crippen molar-refractivity contribution < 1.29 is 17.9 Å². The van der Waals surface area contributed by atoms with Gasteiger partial charge in [-0.05, 0) is 68.7 Å². The van der Waals surface area contributed by atoms with Crippen LogP contribution in [0.5, 0.6) is 0 Å². The number of benzene rings is 1. The highest BCUT2D eigenvalue weighted by Gasteiger charge is 2.38. The molecule has 1 atom stereocenters. The van der Waals surface area contributed by atoms with E-state index in [9.17, 15) is 13.2 Å². The van der Waals surface area contributed by atoms with Crippen LogP contribution in [-0.4, -0.2) is 37.9 Å². The van der Waals surface area contributed by atoms with Gasteiger partial charge in [0.25, 0.3) is 0 Å². The molecule has 23 heavy (non-hydrogen) atoms. The first-order valence-corrected chi connectivity index (χ1v) is 9.78. The van der Waals surface area contributed by atoms with Crippen molar-refractivity contribution in [3.05, 3.63) is 29.3 Å². The number of nitrogens with zero attached hydrogens (tertiary/aromatic N) is 1. The molecule has 1 fully saturated rings. The summed E-state index contributed by atoms with van der Waals surface area (Å²) in [6.07, 6.45) is 5.18. The van der Waals surface area contributed by atoms with E-state index in [1.165, 1.54) is 9.87 Å². The molecule has 5 nitrogen and oxygen atoms in total. The van der Waals surface area contributed by atoms with Gasteiger partial charge in [-0.15, -0.1) is 0 Å². The first kappa shape index (κ1) is 16.5. The highest BCUT2D eigenvalue weighted by atomic mass is 32.2. The Bertz CT molecular complexity index is 699. The smallest absolute Gasteiger partial charge is 0.324 e. The predicted octanol–water partition coefficient (Wildman–Crippen LogP) is 2.28. The van der Waals surface area contributed by atoms with Crippen LogP contribution in [0.25, 0.3) is 0 Å². The number of carbonyl (C=O) groups excluding carboxylic acids is 1. The van der Waals surface area contributed by atoms with E-state index in [4.69, 9.17) is 4.74 Å². The summed E-state index contributed by atoms with van der Waals surface area (Å²) >= 11 is 0. The standard InChI is InChI=1S/C17H23NO4S/c1-2-22-17(19)16-8-3-4-11-18(16)23(20,21)15-10-9-13-6-5-7-14(13)12-15/h9-10,12,16H,2-8,11H2,1H3. The average molecular weight is 337 g/mol. The number of piperidine rings is 1. The van der Waals surface area contributed by atoms with Gasteiger partial charge in [-0.25, -0.2) is 8.42 Å². The molecule has 126 valence electrons. The molecule has 1 saturated heterocycles. The van der Waals surface area contributed by atoms with E-state index in [1.54, 1.807) is 19.1 Å². The number of aryl methyl sites for hydroxylation is 2. The molecule has 1 aromatic carbocycles. The van der Waals surface area contributed by atoms with Crippen LogP contribution in [0.15, 0.2) is 23.1 Å². The summed E-state index contributed by atoms with van der Waals surface area (Å²) in [5.41, 5.74) is 2.36. The van der Waals surface area contributed by atoms with E-state index in [-0.39, 0.29) is 6.61 Å². The highest BCUT2D eigenvalue weighted by Crippen LogP contribution is 2.29. The SMILES string of the molecule is CCOC(=O)C1CCCCN1S(=O)(=O)c1ccc2c(c1)CCC2. The van der Waals surface area contributed by atoms with Crippen LogP contribution in [0, 0.1) is 0 Å². The number of esters is 1. The van der Waals surface area contributed by atoms with Crippen molar-refractivity contribution >= 4 is 16.0 Å². The van der Waals surface area contributed by atoms with E-state index in [0.717, 1.165) is 37.7 Å². The molecule has 3 rings (SSSR count). The highest BCUT2D eigenvalue weighted by molar-refractivity contribution is 7.89. The summed E-state index contributed by atoms with van der Waals surface area (Å²) in [7, 11) is -3.66. The van der Waals surface area contributed by atoms with Gasteiger partial charge in [-0.2, -0.15) is 4.31 Å². The molecule has 2 aliphatic rings. The Hall–Kier alpha value is -1.40. The monoisotopic (exact) mass is 337 g/mol. The first-order chi connectivity index (χ1) is 11.0. The summed E-state index contributed by atoms with van der Waals surface area (Å²) in [6.45, 7) is 2.38. The fourth-order valence-electron chi connectivity index (χ4n) is 3.51. The van der Waals surface area contributed by atoms with Crippen LogP contribution in [-0.2, 0) is 32.4 Å². The van der Waals surface area contributed by atoms with Crippen LogP contribution in [0.2, 0.25) is 0 Å². The number of fused-ring (bicyclic) bond motifs is 1. The van der Waals surface area contributed by atoms with Gasteiger partial charge < -0.3 is 4.74 Å². The second-order valence-corrected chi connectivity index (χ2v) is 8.05. The van der Waals surface area contributed by atoms with Gasteiger partial charge in [0.1, 0.15) is 6.04 Å². The number of ether oxygens (including phenoxy) is 1. The maximum absolute atomic E-state index is 13.0. The van der Waals surface area contributed by atoms with Gasteiger partial charge in [0.05, 0.1) is 11.5 Å². The van der Waals surface area contributed by atoms with Crippen molar-refractivity contribution in [2.24, 2.45) is 0 Å². The molecule has 0 radical (unpaired) electrons. The van der Waals surface area contributed by atoms with Gasteiger partial charge in [-0.3, -0.25) is 4.79 Å². The van der Waals surface area contributed by atoms with Gasteiger partial charge in [-0.1, -0.05) is 6.07 Å². The molecule has 1 heterocycles. The topological polar surface area (TPSA) is 63.7 Å². The Balaban J connectivity index is 1.92. The molecule has 0 aromatic heterocycles. The summed E-state index contributed by atoms with van der Waals surface area (Å²) < 4.78 is 32.5. The number of hydrogen-bond donors (Lipinski definition) is 0. The lowest BCUT2D eigenvalue weighted by atomic mass is 10.1. The molecule has 6 heteroatoms. The quantitative estimate of drug-likeness (QED) is 0.791. The fourth-order valence-corrected chi connectivity index (χ4v) is 5.21. The number of carbonyl (C=O) groups is 1. The fraction of sp³-hybridized carbons (Fsp3) is 0.588. The van der Waals surface area contributed by atoms with E-state index >= 15 is 0 Å². The molecule has 1 aromatic rings. The lowest BCUT2D eigenvalue weighted by Gasteiger charge is -2.33. The zero-order valence-electron chi connectivity index (χ0n) is 13.5. The number of sulfonamides is 1. The maximum atomic E-state index is 13.0. The van der Waals surface area contributed by atoms with E-state index in [0.29, 0.717) is 17.9 Å². The van der Waals surface area contributed by atoms with Crippen molar-refractivity contribution in [1.29, 1.82) is 0 Å². The van der Waals surface area contributed by atoms with E-state index < -0.39 is 22.0 Å². The minimum atomic E-state index is -3.66. The third-order valence-corrected chi connectivity index (χ3v) is 6.59. The Labute approximate surface area is 137 Å². The molecule has 0 spiro atoms. The Morgan fingerprint density at radius 2 is 2.00 bits per heavy atom. The van der Waals surface area contributed by atoms with Crippen LogP contribution in [0.3, 0.4) is 0 Å². The second-order valence-electron chi connectivity index (χ2n) is 6.16. The van der Waals surface area contributed by atoms with Crippen molar-refractivity contribution in [3.63, 3.8) is 0 Å². The molecule has 0 amide bonds. The molecule has 1 aliphatic heterocycles. The molecular formula is C17H23NO4S. The molecule has 1 aliphatic carbocycles. The van der Waals surface area contributed by atoms with Crippen LogP contribution in [0.4, 0.5) is 0 Å². The Kier molecular flexibility index (Phi) is 4.73. The minimum Gasteiger partial charge on any atom is -0.465 e. The zero-order valence-corrected chi connectivity index (χ0v) is 14.3. The van der Waals surface area contributed by atoms with Crippen molar-refractivity contribution in [3.8, 4) is 0 Å². The van der Waals surface area contributed by atoms with E-state index in [2.05, 4.69) is 0 Å². The molecule has 0 bridgehead atoms. The van der Waals surface area contributed by atoms with Crippen LogP contribution >= 0.6 is 0 Å². The zero-order chi connectivity index (χ0) is 16.4. The molecule has 0 N–H and O–H groups in total. The summed E-state index contributed by atoms with van der Waals surface area (Å²) in [5.74, 6) is -0.433. The van der Waals surface area contributed by atoms with Gasteiger partial charge in [0.2, 0.25) is 10.0 Å². The lowest BCUT2D eigenvalue weighted by Crippen LogP contribution is -2.48. The second kappa shape index (κ2) is 6.61. The summed E-state index contributed by atoms with van der Waals surface area (Å²) in [6, 6.07) is 4.69. The Morgan fingerprint density at radius 1 is 1.22 bits per heavy atom. The van der Waals surface area contributed by atoms with Gasteiger partial charge in [0, 0.05) is 6.54 Å². The average Bonchev–Trinajstić information content (AvgIpc) is 3.02. The lowest BCUT2D eigenvalue weighted by molar-refractivity contribution is -0.148. The Morgan fingerprint density at radius 3 is 2.78 bits per heavy atom.